The summed E-state index contributed by atoms with van der Waals surface area (Å²) in [6, 6.07) is 17.4. The summed E-state index contributed by atoms with van der Waals surface area (Å²) in [7, 11) is -4.17. The van der Waals surface area contributed by atoms with Gasteiger partial charge in [-0.3, -0.25) is 13.9 Å². The van der Waals surface area contributed by atoms with Crippen molar-refractivity contribution in [3.8, 4) is 0 Å². The minimum Gasteiger partial charge on any atom is -0.354 e. The van der Waals surface area contributed by atoms with Gasteiger partial charge in [-0.1, -0.05) is 66.0 Å². The topological polar surface area (TPSA) is 86.8 Å². The van der Waals surface area contributed by atoms with Gasteiger partial charge in [0.15, 0.2) is 0 Å². The summed E-state index contributed by atoms with van der Waals surface area (Å²) >= 11 is 12.5. The van der Waals surface area contributed by atoms with Crippen molar-refractivity contribution in [1.29, 1.82) is 0 Å². The van der Waals surface area contributed by atoms with Gasteiger partial charge in [0.1, 0.15) is 12.6 Å². The van der Waals surface area contributed by atoms with Crippen LogP contribution in [-0.4, -0.2) is 44.3 Å². The molecule has 7 nitrogen and oxygen atoms in total. The Morgan fingerprint density at radius 3 is 2.28 bits per heavy atom. The Bertz CT molecular complexity index is 1430. The number of nitrogens with one attached hydrogen (secondary N) is 1. The number of aryl methyl sites for hydroxylation is 1. The molecule has 3 aromatic rings. The normalized spacial score (nSPS) is 12.1. The summed E-state index contributed by atoms with van der Waals surface area (Å²) in [6.07, 6.45) is 0.733. The van der Waals surface area contributed by atoms with E-state index in [4.69, 9.17) is 23.2 Å². The van der Waals surface area contributed by atoms with Crippen LogP contribution in [0.1, 0.15) is 37.0 Å². The molecule has 0 aliphatic heterocycles. The number of hydrogen-bond acceptors (Lipinski definition) is 4. The maximum atomic E-state index is 13.9. The van der Waals surface area contributed by atoms with Crippen LogP contribution in [0.4, 0.5) is 5.69 Å². The summed E-state index contributed by atoms with van der Waals surface area (Å²) in [6.45, 7) is 7.09. The molecule has 0 aliphatic carbocycles. The van der Waals surface area contributed by atoms with Gasteiger partial charge in [-0.25, -0.2) is 8.42 Å². The number of anilines is 1. The molecule has 3 rings (SSSR count). The van der Waals surface area contributed by atoms with Crippen molar-refractivity contribution in [2.75, 3.05) is 17.4 Å². The second-order valence-corrected chi connectivity index (χ2v) is 12.0. The van der Waals surface area contributed by atoms with Gasteiger partial charge in [-0.2, -0.15) is 0 Å². The summed E-state index contributed by atoms with van der Waals surface area (Å²) < 4.78 is 28.9. The van der Waals surface area contributed by atoms with Gasteiger partial charge in [0.05, 0.1) is 10.6 Å². The number of rotatable bonds is 11. The lowest BCUT2D eigenvalue weighted by molar-refractivity contribution is -0.139. The molecule has 0 aliphatic rings. The molecule has 0 aromatic heterocycles. The fourth-order valence-corrected chi connectivity index (χ4v) is 5.88. The molecule has 0 saturated heterocycles. The van der Waals surface area contributed by atoms with Crippen LogP contribution in [-0.2, 0) is 26.2 Å². The highest BCUT2D eigenvalue weighted by Gasteiger charge is 2.33. The number of carbonyl (C=O) groups is 2. The third kappa shape index (κ3) is 7.53. The Morgan fingerprint density at radius 1 is 0.974 bits per heavy atom. The standard InChI is InChI=1S/C29H33Cl2N3O4S/c1-5-16-32-29(36)22(4)33(18-23-8-6-9-24(30)17-23)28(35)19-34(27-11-7-10-26(31)21(27)3)39(37,38)25-14-12-20(2)13-15-25/h6-15,17,22H,5,16,18-19H2,1-4H3,(H,32,36)/t22-/m1/s1. The highest BCUT2D eigenvalue weighted by atomic mass is 35.5. The van der Waals surface area contributed by atoms with E-state index >= 15 is 0 Å². The summed E-state index contributed by atoms with van der Waals surface area (Å²) in [5.41, 5.74) is 2.40. The van der Waals surface area contributed by atoms with Crippen LogP contribution >= 0.6 is 23.2 Å². The van der Waals surface area contributed by atoms with E-state index in [-0.39, 0.29) is 23.0 Å². The van der Waals surface area contributed by atoms with E-state index in [9.17, 15) is 18.0 Å². The molecule has 3 aromatic carbocycles. The maximum Gasteiger partial charge on any atom is 0.264 e. The molecule has 1 N–H and O–H groups in total. The fourth-order valence-electron chi connectivity index (χ4n) is 4.03. The van der Waals surface area contributed by atoms with Crippen molar-refractivity contribution in [2.24, 2.45) is 0 Å². The predicted molar refractivity (Wildman–Crippen MR) is 157 cm³/mol. The van der Waals surface area contributed by atoms with Crippen LogP contribution < -0.4 is 9.62 Å². The van der Waals surface area contributed by atoms with Gasteiger partial charge in [0, 0.05) is 23.1 Å². The number of hydrogen-bond donors (Lipinski definition) is 1. The van der Waals surface area contributed by atoms with Crippen LogP contribution in [0.25, 0.3) is 0 Å². The molecular formula is C29H33Cl2N3O4S. The van der Waals surface area contributed by atoms with Crippen LogP contribution in [0.15, 0.2) is 71.6 Å². The quantitative estimate of drug-likeness (QED) is 0.308. The van der Waals surface area contributed by atoms with E-state index in [1.54, 1.807) is 68.4 Å². The molecular weight excluding hydrogens is 557 g/mol. The molecule has 10 heteroatoms. The molecule has 0 unspecified atom stereocenters. The van der Waals surface area contributed by atoms with Crippen molar-refractivity contribution in [3.05, 3.63) is 93.5 Å². The lowest BCUT2D eigenvalue weighted by atomic mass is 10.1. The van der Waals surface area contributed by atoms with Gasteiger partial charge in [0.2, 0.25) is 11.8 Å². The average Bonchev–Trinajstić information content (AvgIpc) is 2.90. The molecule has 0 heterocycles. The number of sulfonamides is 1. The summed E-state index contributed by atoms with van der Waals surface area (Å²) in [5.74, 6) is -0.886. The Morgan fingerprint density at radius 2 is 1.64 bits per heavy atom. The molecule has 208 valence electrons. The van der Waals surface area contributed by atoms with Gasteiger partial charge >= 0.3 is 0 Å². The molecule has 0 spiro atoms. The molecule has 0 saturated carbocycles. The third-order valence-corrected chi connectivity index (χ3v) is 8.77. The first-order valence-corrected chi connectivity index (χ1v) is 14.8. The van der Waals surface area contributed by atoms with Gasteiger partial charge in [-0.05, 0) is 74.7 Å². The number of halogens is 2. The van der Waals surface area contributed by atoms with E-state index in [1.165, 1.54) is 17.0 Å². The first-order valence-electron chi connectivity index (χ1n) is 12.6. The number of benzene rings is 3. The predicted octanol–water partition coefficient (Wildman–Crippen LogP) is 5.75. The minimum atomic E-state index is -4.17. The minimum absolute atomic E-state index is 0.0374. The first-order chi connectivity index (χ1) is 18.4. The highest BCUT2D eigenvalue weighted by molar-refractivity contribution is 7.92. The van der Waals surface area contributed by atoms with Crippen molar-refractivity contribution >= 4 is 50.7 Å². The summed E-state index contributed by atoms with van der Waals surface area (Å²) in [5, 5.41) is 3.67. The lowest BCUT2D eigenvalue weighted by Crippen LogP contribution is -2.51. The monoisotopic (exact) mass is 589 g/mol. The fraction of sp³-hybridized carbons (Fsp3) is 0.310. The van der Waals surface area contributed by atoms with Gasteiger partial charge in [0.25, 0.3) is 10.0 Å². The van der Waals surface area contributed by atoms with Crippen LogP contribution in [0.5, 0.6) is 0 Å². The zero-order chi connectivity index (χ0) is 28.7. The Labute approximate surface area is 240 Å². The van der Waals surface area contributed by atoms with E-state index in [2.05, 4.69) is 5.32 Å². The Balaban J connectivity index is 2.06. The molecule has 2 amide bonds. The molecule has 39 heavy (non-hydrogen) atoms. The average molecular weight is 591 g/mol. The number of carbonyl (C=O) groups excluding carboxylic acids is 2. The van der Waals surface area contributed by atoms with E-state index in [0.29, 0.717) is 27.7 Å². The van der Waals surface area contributed by atoms with Crippen LogP contribution in [0.3, 0.4) is 0 Å². The third-order valence-electron chi connectivity index (χ3n) is 6.35. The van der Waals surface area contributed by atoms with Crippen molar-refractivity contribution < 1.29 is 18.0 Å². The zero-order valence-corrected chi connectivity index (χ0v) is 24.8. The smallest absolute Gasteiger partial charge is 0.264 e. The molecule has 1 atom stereocenters. The van der Waals surface area contributed by atoms with Crippen molar-refractivity contribution in [2.45, 2.75) is 51.6 Å². The van der Waals surface area contributed by atoms with Gasteiger partial charge < -0.3 is 10.2 Å². The van der Waals surface area contributed by atoms with Gasteiger partial charge in [-0.15, -0.1) is 0 Å². The largest absolute Gasteiger partial charge is 0.354 e. The Hall–Kier alpha value is -3.07. The van der Waals surface area contributed by atoms with Crippen LogP contribution in [0.2, 0.25) is 10.0 Å². The van der Waals surface area contributed by atoms with E-state index < -0.39 is 28.5 Å². The number of amides is 2. The van der Waals surface area contributed by atoms with E-state index in [0.717, 1.165) is 16.3 Å². The molecule has 0 fully saturated rings. The summed E-state index contributed by atoms with van der Waals surface area (Å²) in [4.78, 5) is 28.3. The second kappa shape index (κ2) is 13.3. The lowest BCUT2D eigenvalue weighted by Gasteiger charge is -2.32. The molecule has 0 bridgehead atoms. The van der Waals surface area contributed by atoms with Crippen molar-refractivity contribution in [3.63, 3.8) is 0 Å². The van der Waals surface area contributed by atoms with Crippen molar-refractivity contribution in [1.82, 2.24) is 10.2 Å². The molecule has 0 radical (unpaired) electrons. The maximum absolute atomic E-state index is 13.9. The number of nitrogens with zero attached hydrogens (tertiary/aromatic N) is 2. The SMILES string of the molecule is CCCNC(=O)[C@@H](C)N(Cc1cccc(Cl)c1)C(=O)CN(c1cccc(Cl)c1C)S(=O)(=O)c1ccc(C)cc1. The Kier molecular flexibility index (Phi) is 10.4. The second-order valence-electron chi connectivity index (χ2n) is 9.33. The van der Waals surface area contributed by atoms with E-state index in [1.807, 2.05) is 13.8 Å². The zero-order valence-electron chi connectivity index (χ0n) is 22.4. The highest BCUT2D eigenvalue weighted by Crippen LogP contribution is 2.31. The van der Waals surface area contributed by atoms with Crippen LogP contribution in [0, 0.1) is 13.8 Å². The first kappa shape index (κ1) is 30.5.